The van der Waals surface area contributed by atoms with Crippen molar-refractivity contribution in [2.24, 2.45) is 0 Å². The van der Waals surface area contributed by atoms with E-state index in [1.165, 1.54) is 17.4 Å². The van der Waals surface area contributed by atoms with E-state index in [2.05, 4.69) is 16.4 Å². The second-order valence-electron chi connectivity index (χ2n) is 9.93. The molecule has 0 saturated heterocycles. The Hall–Kier alpha value is -3.20. The summed E-state index contributed by atoms with van der Waals surface area (Å²) in [5.74, 6) is 0.644. The number of fused-ring (bicyclic) bond motifs is 1. The second kappa shape index (κ2) is 12.5. The van der Waals surface area contributed by atoms with E-state index in [0.717, 1.165) is 42.4 Å². The molecule has 2 aromatic heterocycles. The number of methoxy groups -OCH3 is 1. The maximum absolute atomic E-state index is 14.6. The number of rotatable bonds is 9. The van der Waals surface area contributed by atoms with E-state index >= 15 is 0 Å². The summed E-state index contributed by atoms with van der Waals surface area (Å²) in [6.07, 6.45) is 5.38. The quantitative estimate of drug-likeness (QED) is 0.224. The highest BCUT2D eigenvalue weighted by Gasteiger charge is 2.32. The first-order valence-corrected chi connectivity index (χ1v) is 14.7. The van der Waals surface area contributed by atoms with Crippen LogP contribution in [0.15, 0.2) is 54.7 Å². The van der Waals surface area contributed by atoms with Gasteiger partial charge in [-0.1, -0.05) is 23.7 Å². The summed E-state index contributed by atoms with van der Waals surface area (Å²) in [4.78, 5) is 20.8. The van der Waals surface area contributed by atoms with Crippen molar-refractivity contribution >= 4 is 38.9 Å². The SMILES string of the molecule is CCOc1cc(-c2ccc(OC)c(CN(C(=O)c3sc4cccc(F)c4c3Cl)[C@H]3CC[C@H](NC)CC3)c2)ccn1. The molecule has 5 rings (SSSR count). The zero-order valence-corrected chi connectivity index (χ0v) is 24.4. The van der Waals surface area contributed by atoms with E-state index in [-0.39, 0.29) is 17.0 Å². The molecule has 1 aliphatic rings. The lowest BCUT2D eigenvalue weighted by Crippen LogP contribution is -2.44. The summed E-state index contributed by atoms with van der Waals surface area (Å²) in [6.45, 7) is 2.79. The Morgan fingerprint density at radius 3 is 2.62 bits per heavy atom. The molecule has 9 heteroatoms. The monoisotopic (exact) mass is 581 g/mol. The van der Waals surface area contributed by atoms with Crippen molar-refractivity contribution in [1.29, 1.82) is 0 Å². The molecule has 40 heavy (non-hydrogen) atoms. The number of nitrogens with one attached hydrogen (secondary N) is 1. The van der Waals surface area contributed by atoms with E-state index < -0.39 is 5.82 Å². The molecular formula is C31H33ClFN3O3S. The van der Waals surface area contributed by atoms with E-state index in [9.17, 15) is 9.18 Å². The van der Waals surface area contributed by atoms with E-state index in [0.29, 0.717) is 45.8 Å². The lowest BCUT2D eigenvalue weighted by Gasteiger charge is -2.37. The third-order valence-corrected chi connectivity index (χ3v) is 9.22. The van der Waals surface area contributed by atoms with Crippen LogP contribution in [-0.2, 0) is 6.54 Å². The molecule has 0 unspecified atom stereocenters. The van der Waals surface area contributed by atoms with Crippen LogP contribution >= 0.6 is 22.9 Å². The van der Waals surface area contributed by atoms with E-state index in [1.807, 2.05) is 43.1 Å². The largest absolute Gasteiger partial charge is 0.496 e. The maximum atomic E-state index is 14.6. The number of benzene rings is 2. The molecule has 210 valence electrons. The number of pyridine rings is 1. The fourth-order valence-corrected chi connectivity index (χ4v) is 6.97. The molecule has 1 aliphatic carbocycles. The van der Waals surface area contributed by atoms with Crippen molar-refractivity contribution in [3.8, 4) is 22.8 Å². The van der Waals surface area contributed by atoms with Gasteiger partial charge in [-0.2, -0.15) is 0 Å². The first-order chi connectivity index (χ1) is 19.4. The van der Waals surface area contributed by atoms with Gasteiger partial charge in [0.15, 0.2) is 0 Å². The average molecular weight is 582 g/mol. The van der Waals surface area contributed by atoms with Crippen LogP contribution in [0.3, 0.4) is 0 Å². The minimum Gasteiger partial charge on any atom is -0.496 e. The van der Waals surface area contributed by atoms with Gasteiger partial charge in [0.05, 0.1) is 18.7 Å². The van der Waals surface area contributed by atoms with Gasteiger partial charge in [0.2, 0.25) is 5.88 Å². The van der Waals surface area contributed by atoms with Gasteiger partial charge in [0, 0.05) is 46.5 Å². The lowest BCUT2D eigenvalue weighted by molar-refractivity contribution is 0.0604. The Morgan fingerprint density at radius 1 is 1.15 bits per heavy atom. The maximum Gasteiger partial charge on any atom is 0.266 e. The Kier molecular flexibility index (Phi) is 8.88. The Balaban J connectivity index is 1.53. The van der Waals surface area contributed by atoms with Crippen molar-refractivity contribution in [3.05, 3.63) is 76.0 Å². The standard InChI is InChI=1S/C31H33ClFN3O3S/c1-4-39-27-17-20(14-15-35-27)19-8-13-25(38-3)21(16-19)18-36(23-11-9-22(34-2)10-12-23)31(37)30-29(32)28-24(33)6-5-7-26(28)40-30/h5-8,13-17,22-23,34H,4,9-12,18H2,1-3H3/t22-,23-. The number of aromatic nitrogens is 1. The summed E-state index contributed by atoms with van der Waals surface area (Å²) < 4.78 is 26.6. The molecule has 1 saturated carbocycles. The molecule has 0 atom stereocenters. The van der Waals surface area contributed by atoms with Crippen molar-refractivity contribution in [2.45, 2.75) is 51.2 Å². The number of amides is 1. The van der Waals surface area contributed by atoms with Crippen LogP contribution in [0.2, 0.25) is 5.02 Å². The van der Waals surface area contributed by atoms with Crippen molar-refractivity contribution in [1.82, 2.24) is 15.2 Å². The smallest absolute Gasteiger partial charge is 0.266 e. The summed E-state index contributed by atoms with van der Waals surface area (Å²) in [5, 5.41) is 3.85. The van der Waals surface area contributed by atoms with Crippen LogP contribution in [0.4, 0.5) is 4.39 Å². The zero-order valence-electron chi connectivity index (χ0n) is 22.9. The van der Waals surface area contributed by atoms with Crippen molar-refractivity contribution in [2.75, 3.05) is 20.8 Å². The number of nitrogens with zero attached hydrogens (tertiary/aromatic N) is 2. The molecule has 4 aromatic rings. The molecule has 2 aromatic carbocycles. The molecule has 1 N–H and O–H groups in total. The predicted molar refractivity (Wildman–Crippen MR) is 159 cm³/mol. The lowest BCUT2D eigenvalue weighted by atomic mass is 9.89. The second-order valence-corrected chi connectivity index (χ2v) is 11.4. The highest BCUT2D eigenvalue weighted by atomic mass is 35.5. The minimum absolute atomic E-state index is 0.0158. The molecule has 2 heterocycles. The number of halogens is 2. The van der Waals surface area contributed by atoms with E-state index in [4.69, 9.17) is 21.1 Å². The van der Waals surface area contributed by atoms with Crippen LogP contribution in [0.25, 0.3) is 21.2 Å². The summed E-state index contributed by atoms with van der Waals surface area (Å²) in [5.41, 5.74) is 2.80. The number of ether oxygens (including phenoxy) is 2. The number of carbonyl (C=O) groups is 1. The minimum atomic E-state index is -0.419. The van der Waals surface area contributed by atoms with Crippen molar-refractivity contribution in [3.63, 3.8) is 0 Å². The van der Waals surface area contributed by atoms with Gasteiger partial charge in [-0.15, -0.1) is 11.3 Å². The van der Waals surface area contributed by atoms with Crippen molar-refractivity contribution < 1.29 is 18.7 Å². The third-order valence-electron chi connectivity index (χ3n) is 7.59. The molecular weight excluding hydrogens is 549 g/mol. The Bertz CT molecular complexity index is 1500. The summed E-state index contributed by atoms with van der Waals surface area (Å²) in [7, 11) is 3.61. The molecule has 1 amide bonds. The molecule has 0 radical (unpaired) electrons. The third kappa shape index (κ3) is 5.80. The topological polar surface area (TPSA) is 63.7 Å². The van der Waals surface area contributed by atoms with Crippen LogP contribution in [0.5, 0.6) is 11.6 Å². The first kappa shape index (κ1) is 28.3. The number of hydrogen-bond acceptors (Lipinski definition) is 6. The highest BCUT2D eigenvalue weighted by Crippen LogP contribution is 2.39. The fourth-order valence-electron chi connectivity index (χ4n) is 5.46. The molecule has 0 aliphatic heterocycles. The predicted octanol–water partition coefficient (Wildman–Crippen LogP) is 7.34. The molecule has 0 spiro atoms. The van der Waals surface area contributed by atoms with Gasteiger partial charge in [0.1, 0.15) is 16.4 Å². The average Bonchev–Trinajstić information content (AvgIpc) is 3.33. The van der Waals surface area contributed by atoms with Gasteiger partial charge in [-0.25, -0.2) is 9.37 Å². The Morgan fingerprint density at radius 2 is 1.93 bits per heavy atom. The summed E-state index contributed by atoms with van der Waals surface area (Å²) in [6, 6.07) is 15.1. The first-order valence-electron chi connectivity index (χ1n) is 13.5. The van der Waals surface area contributed by atoms with Gasteiger partial charge < -0.3 is 19.7 Å². The van der Waals surface area contributed by atoms with Crippen LogP contribution in [0, 0.1) is 5.82 Å². The van der Waals surface area contributed by atoms with Crippen LogP contribution in [-0.4, -0.2) is 48.6 Å². The summed E-state index contributed by atoms with van der Waals surface area (Å²) >= 11 is 7.91. The number of carbonyl (C=O) groups excluding carboxylic acids is 1. The zero-order chi connectivity index (χ0) is 28.2. The molecule has 0 bridgehead atoms. The molecule has 6 nitrogen and oxygen atoms in total. The van der Waals surface area contributed by atoms with Gasteiger partial charge in [-0.3, -0.25) is 4.79 Å². The number of hydrogen-bond donors (Lipinski definition) is 1. The molecule has 1 fully saturated rings. The van der Waals surface area contributed by atoms with Crippen LogP contribution < -0.4 is 14.8 Å². The van der Waals surface area contributed by atoms with E-state index in [1.54, 1.807) is 25.4 Å². The number of thiophene rings is 1. The Labute approximate surface area is 243 Å². The van der Waals surface area contributed by atoms with Gasteiger partial charge in [-0.05, 0) is 81.1 Å². The fraction of sp³-hybridized carbons (Fsp3) is 0.355. The van der Waals surface area contributed by atoms with Gasteiger partial charge in [0.25, 0.3) is 5.91 Å². The normalized spacial score (nSPS) is 17.1. The van der Waals surface area contributed by atoms with Crippen LogP contribution in [0.1, 0.15) is 47.8 Å². The van der Waals surface area contributed by atoms with Gasteiger partial charge >= 0.3 is 0 Å². The highest BCUT2D eigenvalue weighted by molar-refractivity contribution is 7.21.